The van der Waals surface area contributed by atoms with Crippen molar-refractivity contribution < 1.29 is 4.39 Å². The van der Waals surface area contributed by atoms with Crippen molar-refractivity contribution in [1.82, 2.24) is 0 Å². The second-order valence-electron chi connectivity index (χ2n) is 4.57. The molecule has 1 aromatic carbocycles. The molecule has 2 atom stereocenters. The van der Waals surface area contributed by atoms with Gasteiger partial charge in [-0.05, 0) is 24.3 Å². The van der Waals surface area contributed by atoms with Crippen LogP contribution < -0.4 is 5.73 Å². The average molecular weight is 193 g/mol. The van der Waals surface area contributed by atoms with Crippen LogP contribution in [0.3, 0.4) is 0 Å². The van der Waals surface area contributed by atoms with Crippen molar-refractivity contribution in [1.29, 1.82) is 0 Å². The topological polar surface area (TPSA) is 26.0 Å². The van der Waals surface area contributed by atoms with E-state index in [1.54, 1.807) is 12.1 Å². The fraction of sp³-hybridized carbons (Fsp3) is 0.500. The molecule has 0 aliphatic heterocycles. The molecule has 0 saturated heterocycles. The van der Waals surface area contributed by atoms with E-state index in [2.05, 4.69) is 13.8 Å². The molecule has 1 saturated carbocycles. The second-order valence-corrected chi connectivity index (χ2v) is 4.57. The molecule has 0 bridgehead atoms. The molecule has 76 valence electrons. The first-order valence-electron chi connectivity index (χ1n) is 5.09. The lowest BCUT2D eigenvalue weighted by atomic mass is 9.97. The molecule has 14 heavy (non-hydrogen) atoms. The van der Waals surface area contributed by atoms with Crippen molar-refractivity contribution in [2.24, 2.45) is 17.6 Å². The summed E-state index contributed by atoms with van der Waals surface area (Å²) in [5.41, 5.74) is 6.45. The molecule has 2 heteroatoms. The van der Waals surface area contributed by atoms with Gasteiger partial charge in [-0.3, -0.25) is 0 Å². The number of halogens is 1. The molecule has 1 aliphatic carbocycles. The van der Waals surface area contributed by atoms with Gasteiger partial charge in [0.2, 0.25) is 0 Å². The van der Waals surface area contributed by atoms with E-state index < -0.39 is 5.54 Å². The molecule has 2 unspecified atom stereocenters. The maximum absolute atomic E-state index is 13.5. The summed E-state index contributed by atoms with van der Waals surface area (Å²) >= 11 is 0. The van der Waals surface area contributed by atoms with E-state index in [1.807, 2.05) is 6.07 Å². The molecular weight excluding hydrogens is 177 g/mol. The van der Waals surface area contributed by atoms with Gasteiger partial charge in [-0.2, -0.15) is 0 Å². The van der Waals surface area contributed by atoms with E-state index in [1.165, 1.54) is 6.07 Å². The maximum atomic E-state index is 13.5. The SMILES string of the molecule is CC(C)C1CC1(N)c1ccccc1F. The van der Waals surface area contributed by atoms with Crippen LogP contribution in [0.25, 0.3) is 0 Å². The van der Waals surface area contributed by atoms with Crippen molar-refractivity contribution in [2.75, 3.05) is 0 Å². The average Bonchev–Trinajstić information content (AvgIpc) is 2.80. The van der Waals surface area contributed by atoms with Gasteiger partial charge in [0.05, 0.1) is 0 Å². The van der Waals surface area contributed by atoms with Crippen molar-refractivity contribution in [3.8, 4) is 0 Å². The van der Waals surface area contributed by atoms with Crippen LogP contribution in [0.5, 0.6) is 0 Å². The molecule has 0 amide bonds. The third-order valence-electron chi connectivity index (χ3n) is 3.24. The van der Waals surface area contributed by atoms with Gasteiger partial charge in [-0.1, -0.05) is 32.0 Å². The van der Waals surface area contributed by atoms with Gasteiger partial charge >= 0.3 is 0 Å². The molecule has 1 aliphatic rings. The fourth-order valence-electron chi connectivity index (χ4n) is 2.28. The molecule has 1 aromatic rings. The summed E-state index contributed by atoms with van der Waals surface area (Å²) in [7, 11) is 0. The molecular formula is C12H16FN. The fourth-order valence-corrected chi connectivity index (χ4v) is 2.28. The van der Waals surface area contributed by atoms with Crippen LogP contribution in [0.15, 0.2) is 24.3 Å². The second kappa shape index (κ2) is 3.06. The summed E-state index contributed by atoms with van der Waals surface area (Å²) in [5.74, 6) is 0.789. The number of benzene rings is 1. The summed E-state index contributed by atoms with van der Waals surface area (Å²) in [6.45, 7) is 4.28. The van der Waals surface area contributed by atoms with E-state index in [0.717, 1.165) is 6.42 Å². The third kappa shape index (κ3) is 1.34. The Morgan fingerprint density at radius 3 is 2.57 bits per heavy atom. The van der Waals surface area contributed by atoms with Crippen LogP contribution in [0.2, 0.25) is 0 Å². The quantitative estimate of drug-likeness (QED) is 0.767. The van der Waals surface area contributed by atoms with E-state index in [-0.39, 0.29) is 5.82 Å². The highest BCUT2D eigenvalue weighted by Gasteiger charge is 2.54. The Kier molecular flexibility index (Phi) is 2.11. The van der Waals surface area contributed by atoms with Gasteiger partial charge in [0.1, 0.15) is 5.82 Å². The standard InChI is InChI=1S/C12H16FN/c1-8(2)10-7-12(10,14)9-5-3-4-6-11(9)13/h3-6,8,10H,7,14H2,1-2H3. The van der Waals surface area contributed by atoms with Gasteiger partial charge in [-0.25, -0.2) is 4.39 Å². The highest BCUT2D eigenvalue weighted by molar-refractivity contribution is 5.33. The smallest absolute Gasteiger partial charge is 0.128 e. The molecule has 1 nitrogen and oxygen atoms in total. The van der Waals surface area contributed by atoms with Crippen molar-refractivity contribution in [3.05, 3.63) is 35.6 Å². The summed E-state index contributed by atoms with van der Waals surface area (Å²) < 4.78 is 13.5. The Balaban J connectivity index is 2.30. The zero-order valence-corrected chi connectivity index (χ0v) is 8.63. The number of hydrogen-bond donors (Lipinski definition) is 1. The minimum absolute atomic E-state index is 0.168. The largest absolute Gasteiger partial charge is 0.321 e. The van der Waals surface area contributed by atoms with Crippen molar-refractivity contribution in [3.63, 3.8) is 0 Å². The highest BCUT2D eigenvalue weighted by Crippen LogP contribution is 2.54. The van der Waals surface area contributed by atoms with Crippen molar-refractivity contribution >= 4 is 0 Å². The van der Waals surface area contributed by atoms with Crippen molar-refractivity contribution in [2.45, 2.75) is 25.8 Å². The Hall–Kier alpha value is -0.890. The lowest BCUT2D eigenvalue weighted by Gasteiger charge is -2.14. The van der Waals surface area contributed by atoms with Crippen LogP contribution in [0.4, 0.5) is 4.39 Å². The summed E-state index contributed by atoms with van der Waals surface area (Å²) in [4.78, 5) is 0. The summed E-state index contributed by atoms with van der Waals surface area (Å²) in [5, 5.41) is 0. The van der Waals surface area contributed by atoms with Crippen LogP contribution in [-0.4, -0.2) is 0 Å². The molecule has 1 fully saturated rings. The number of rotatable bonds is 2. The van der Waals surface area contributed by atoms with E-state index in [9.17, 15) is 4.39 Å². The lowest BCUT2D eigenvalue weighted by molar-refractivity contribution is 0.472. The number of hydrogen-bond acceptors (Lipinski definition) is 1. The van der Waals surface area contributed by atoms with E-state index >= 15 is 0 Å². The van der Waals surface area contributed by atoms with Gasteiger partial charge in [0.25, 0.3) is 0 Å². The van der Waals surface area contributed by atoms with Gasteiger partial charge in [-0.15, -0.1) is 0 Å². The van der Waals surface area contributed by atoms with E-state index in [0.29, 0.717) is 17.4 Å². The predicted octanol–water partition coefficient (Wildman–Crippen LogP) is 2.66. The van der Waals surface area contributed by atoms with Gasteiger partial charge in [0.15, 0.2) is 0 Å². The third-order valence-corrected chi connectivity index (χ3v) is 3.24. The first-order chi connectivity index (χ1) is 6.55. The van der Waals surface area contributed by atoms with Crippen LogP contribution >= 0.6 is 0 Å². The molecule has 2 N–H and O–H groups in total. The minimum Gasteiger partial charge on any atom is -0.321 e. The minimum atomic E-state index is -0.403. The Bertz CT molecular complexity index is 348. The monoisotopic (exact) mass is 193 g/mol. The first-order valence-corrected chi connectivity index (χ1v) is 5.09. The molecule has 0 spiro atoms. The maximum Gasteiger partial charge on any atom is 0.128 e. The molecule has 2 rings (SSSR count). The lowest BCUT2D eigenvalue weighted by Crippen LogP contribution is -2.25. The van der Waals surface area contributed by atoms with Crippen LogP contribution in [-0.2, 0) is 5.54 Å². The van der Waals surface area contributed by atoms with Gasteiger partial charge < -0.3 is 5.73 Å². The normalized spacial score (nSPS) is 30.8. The van der Waals surface area contributed by atoms with Crippen LogP contribution in [0, 0.1) is 17.7 Å². The van der Waals surface area contributed by atoms with Crippen LogP contribution in [0.1, 0.15) is 25.8 Å². The van der Waals surface area contributed by atoms with E-state index in [4.69, 9.17) is 5.73 Å². The Morgan fingerprint density at radius 1 is 1.43 bits per heavy atom. The molecule has 0 radical (unpaired) electrons. The molecule has 0 heterocycles. The summed E-state index contributed by atoms with van der Waals surface area (Å²) in [6.07, 6.45) is 0.908. The zero-order valence-electron chi connectivity index (χ0n) is 8.63. The zero-order chi connectivity index (χ0) is 10.3. The van der Waals surface area contributed by atoms with Gasteiger partial charge in [0, 0.05) is 11.1 Å². The predicted molar refractivity (Wildman–Crippen MR) is 55.2 cm³/mol. The molecule has 0 aromatic heterocycles. The number of nitrogens with two attached hydrogens (primary N) is 1. The highest BCUT2D eigenvalue weighted by atomic mass is 19.1. The Labute approximate surface area is 84.1 Å². The first kappa shape index (κ1) is 9.66. The summed E-state index contributed by atoms with van der Waals surface area (Å²) in [6, 6.07) is 6.84. The Morgan fingerprint density at radius 2 is 2.07 bits per heavy atom.